The minimum absolute atomic E-state index is 0. The van der Waals surface area contributed by atoms with Crippen molar-refractivity contribution in [3.05, 3.63) is 24.4 Å². The molecule has 0 saturated heterocycles. The molecule has 0 aliphatic rings. The molecular formula is C8H11Cl2NO. The van der Waals surface area contributed by atoms with E-state index < -0.39 is 0 Å². The van der Waals surface area contributed by atoms with Crippen LogP contribution in [0.3, 0.4) is 0 Å². The number of halogens is 2. The van der Waals surface area contributed by atoms with Crippen LogP contribution in [0.1, 0.15) is 6.42 Å². The molecule has 0 N–H and O–H groups in total. The van der Waals surface area contributed by atoms with E-state index in [1.807, 2.05) is 18.2 Å². The predicted molar refractivity (Wildman–Crippen MR) is 52.3 cm³/mol. The highest BCUT2D eigenvalue weighted by atomic mass is 35.5. The first-order valence-corrected chi connectivity index (χ1v) is 4.07. The van der Waals surface area contributed by atoms with Gasteiger partial charge in [0.1, 0.15) is 0 Å². The third-order valence-electron chi connectivity index (χ3n) is 1.17. The van der Waals surface area contributed by atoms with Crippen molar-refractivity contribution >= 4 is 24.0 Å². The predicted octanol–water partition coefficient (Wildman–Crippen LogP) is 2.51. The van der Waals surface area contributed by atoms with Crippen LogP contribution in [-0.4, -0.2) is 17.5 Å². The summed E-state index contributed by atoms with van der Waals surface area (Å²) in [5.74, 6) is 1.30. The highest BCUT2D eigenvalue weighted by Gasteiger charge is 1.90. The van der Waals surface area contributed by atoms with Crippen LogP contribution in [0.25, 0.3) is 0 Å². The Hall–Kier alpha value is -0.470. The van der Waals surface area contributed by atoms with Crippen LogP contribution in [0.5, 0.6) is 5.88 Å². The highest BCUT2D eigenvalue weighted by Crippen LogP contribution is 2.03. The molecule has 0 spiro atoms. The second kappa shape index (κ2) is 7.19. The minimum Gasteiger partial charge on any atom is -0.478 e. The van der Waals surface area contributed by atoms with Gasteiger partial charge in [-0.05, 0) is 12.5 Å². The van der Waals surface area contributed by atoms with Crippen LogP contribution in [0.4, 0.5) is 0 Å². The summed E-state index contributed by atoms with van der Waals surface area (Å²) in [5, 5.41) is 0. The molecule has 12 heavy (non-hydrogen) atoms. The lowest BCUT2D eigenvalue weighted by Gasteiger charge is -2.01. The van der Waals surface area contributed by atoms with Crippen molar-refractivity contribution in [1.29, 1.82) is 0 Å². The molecule has 2 nitrogen and oxygen atoms in total. The van der Waals surface area contributed by atoms with Crippen molar-refractivity contribution < 1.29 is 4.74 Å². The number of nitrogens with zero attached hydrogens (tertiary/aromatic N) is 1. The summed E-state index contributed by atoms with van der Waals surface area (Å²) >= 11 is 5.47. The summed E-state index contributed by atoms with van der Waals surface area (Å²) in [4.78, 5) is 3.99. The summed E-state index contributed by atoms with van der Waals surface area (Å²) < 4.78 is 5.25. The van der Waals surface area contributed by atoms with Gasteiger partial charge in [0.2, 0.25) is 5.88 Å². The summed E-state index contributed by atoms with van der Waals surface area (Å²) in [6, 6.07) is 5.58. The summed E-state index contributed by atoms with van der Waals surface area (Å²) in [6.07, 6.45) is 2.56. The number of aromatic nitrogens is 1. The van der Waals surface area contributed by atoms with Crippen molar-refractivity contribution in [3.8, 4) is 5.88 Å². The Kier molecular flexibility index (Phi) is 6.91. The molecule has 68 valence electrons. The van der Waals surface area contributed by atoms with E-state index >= 15 is 0 Å². The van der Waals surface area contributed by atoms with E-state index in [2.05, 4.69) is 4.98 Å². The second-order valence-electron chi connectivity index (χ2n) is 2.06. The van der Waals surface area contributed by atoms with Crippen LogP contribution in [0.15, 0.2) is 24.4 Å². The van der Waals surface area contributed by atoms with Gasteiger partial charge in [-0.1, -0.05) is 6.07 Å². The number of pyridine rings is 1. The van der Waals surface area contributed by atoms with Crippen LogP contribution in [0.2, 0.25) is 0 Å². The van der Waals surface area contributed by atoms with E-state index in [9.17, 15) is 0 Å². The number of ether oxygens (including phenoxy) is 1. The lowest BCUT2D eigenvalue weighted by molar-refractivity contribution is 0.306. The lowest BCUT2D eigenvalue weighted by atomic mass is 10.5. The topological polar surface area (TPSA) is 22.1 Å². The fourth-order valence-electron chi connectivity index (χ4n) is 0.664. The zero-order chi connectivity index (χ0) is 7.94. The molecular weight excluding hydrogens is 197 g/mol. The van der Waals surface area contributed by atoms with Gasteiger partial charge in [0, 0.05) is 18.1 Å². The maximum Gasteiger partial charge on any atom is 0.213 e. The molecule has 0 atom stereocenters. The van der Waals surface area contributed by atoms with E-state index in [1.165, 1.54) is 0 Å². The SMILES string of the molecule is Cl.ClCCCOc1ccccn1. The molecule has 0 aromatic carbocycles. The molecule has 0 aliphatic carbocycles. The van der Waals surface area contributed by atoms with Crippen molar-refractivity contribution in [1.82, 2.24) is 4.98 Å². The molecule has 0 fully saturated rings. The van der Waals surface area contributed by atoms with Gasteiger partial charge in [0.25, 0.3) is 0 Å². The fraction of sp³-hybridized carbons (Fsp3) is 0.375. The van der Waals surface area contributed by atoms with Crippen molar-refractivity contribution in [2.45, 2.75) is 6.42 Å². The highest BCUT2D eigenvalue weighted by molar-refractivity contribution is 6.17. The van der Waals surface area contributed by atoms with Gasteiger partial charge in [-0.25, -0.2) is 4.98 Å². The number of alkyl halides is 1. The van der Waals surface area contributed by atoms with Gasteiger partial charge >= 0.3 is 0 Å². The van der Waals surface area contributed by atoms with Crippen LogP contribution in [-0.2, 0) is 0 Å². The zero-order valence-corrected chi connectivity index (χ0v) is 8.14. The standard InChI is InChI=1S/C8H10ClNO.ClH/c9-5-3-7-11-8-4-1-2-6-10-8;/h1-2,4,6H,3,5,7H2;1H. The number of rotatable bonds is 4. The van der Waals surface area contributed by atoms with E-state index in [1.54, 1.807) is 6.20 Å². The monoisotopic (exact) mass is 207 g/mol. The van der Waals surface area contributed by atoms with Gasteiger partial charge in [-0.15, -0.1) is 24.0 Å². The molecule has 0 aliphatic heterocycles. The largest absolute Gasteiger partial charge is 0.478 e. The normalized spacial score (nSPS) is 8.75. The van der Waals surface area contributed by atoms with E-state index in [0.29, 0.717) is 18.4 Å². The van der Waals surface area contributed by atoms with Gasteiger partial charge in [0.05, 0.1) is 6.61 Å². The Morgan fingerprint density at radius 2 is 2.25 bits per heavy atom. The van der Waals surface area contributed by atoms with E-state index in [0.717, 1.165) is 6.42 Å². The average molecular weight is 208 g/mol. The molecule has 1 heterocycles. The third-order valence-corrected chi connectivity index (χ3v) is 1.43. The van der Waals surface area contributed by atoms with Crippen molar-refractivity contribution in [2.24, 2.45) is 0 Å². The van der Waals surface area contributed by atoms with Gasteiger partial charge < -0.3 is 4.74 Å². The minimum atomic E-state index is 0. The van der Waals surface area contributed by atoms with Crippen LogP contribution < -0.4 is 4.74 Å². The third kappa shape index (κ3) is 4.42. The average Bonchev–Trinajstić information content (AvgIpc) is 2.07. The first-order valence-electron chi connectivity index (χ1n) is 3.53. The Morgan fingerprint density at radius 1 is 1.42 bits per heavy atom. The molecule has 1 rings (SSSR count). The van der Waals surface area contributed by atoms with Gasteiger partial charge in [-0.2, -0.15) is 0 Å². The van der Waals surface area contributed by atoms with E-state index in [-0.39, 0.29) is 12.4 Å². The Labute approximate surface area is 83.3 Å². The lowest BCUT2D eigenvalue weighted by Crippen LogP contribution is -1.98. The van der Waals surface area contributed by atoms with E-state index in [4.69, 9.17) is 16.3 Å². The van der Waals surface area contributed by atoms with Crippen molar-refractivity contribution in [3.63, 3.8) is 0 Å². The number of hydrogen-bond acceptors (Lipinski definition) is 2. The quantitative estimate of drug-likeness (QED) is 0.560. The summed E-state index contributed by atoms with van der Waals surface area (Å²) in [6.45, 7) is 0.639. The van der Waals surface area contributed by atoms with Crippen molar-refractivity contribution in [2.75, 3.05) is 12.5 Å². The Balaban J connectivity index is 0.00000121. The molecule has 0 radical (unpaired) electrons. The summed E-state index contributed by atoms with van der Waals surface area (Å²) in [5.41, 5.74) is 0. The van der Waals surface area contributed by atoms with Crippen LogP contribution in [0, 0.1) is 0 Å². The molecule has 1 aromatic rings. The Morgan fingerprint density at radius 3 is 2.83 bits per heavy atom. The molecule has 0 unspecified atom stereocenters. The maximum atomic E-state index is 5.47. The molecule has 0 bridgehead atoms. The molecule has 4 heteroatoms. The van der Waals surface area contributed by atoms with Gasteiger partial charge in [0.15, 0.2) is 0 Å². The smallest absolute Gasteiger partial charge is 0.213 e. The second-order valence-corrected chi connectivity index (χ2v) is 2.44. The fourth-order valence-corrected chi connectivity index (χ4v) is 0.773. The van der Waals surface area contributed by atoms with Gasteiger partial charge in [-0.3, -0.25) is 0 Å². The first-order chi connectivity index (χ1) is 5.43. The Bertz CT molecular complexity index is 194. The molecule has 1 aromatic heterocycles. The summed E-state index contributed by atoms with van der Waals surface area (Å²) in [7, 11) is 0. The maximum absolute atomic E-state index is 5.47. The first kappa shape index (κ1) is 11.5. The zero-order valence-electron chi connectivity index (χ0n) is 6.57. The number of hydrogen-bond donors (Lipinski definition) is 0. The molecule has 0 amide bonds. The molecule has 0 saturated carbocycles. The van der Waals surface area contributed by atoms with Crippen LogP contribution >= 0.6 is 24.0 Å².